The van der Waals surface area contributed by atoms with Crippen molar-refractivity contribution in [2.45, 2.75) is 19.1 Å². The van der Waals surface area contributed by atoms with Crippen molar-refractivity contribution in [3.8, 4) is 5.75 Å². The van der Waals surface area contributed by atoms with Gasteiger partial charge in [0.05, 0.1) is 17.0 Å². The highest BCUT2D eigenvalue weighted by Gasteiger charge is 2.39. The Labute approximate surface area is 122 Å². The molecule has 0 unspecified atom stereocenters. The van der Waals surface area contributed by atoms with Gasteiger partial charge in [-0.2, -0.15) is 13.2 Å². The molecule has 9 heteroatoms. The maximum Gasteiger partial charge on any atom is 0.471 e. The molecule has 1 aromatic rings. The van der Waals surface area contributed by atoms with Crippen molar-refractivity contribution >= 4 is 23.5 Å². The van der Waals surface area contributed by atoms with Gasteiger partial charge in [0, 0.05) is 0 Å². The van der Waals surface area contributed by atoms with Crippen molar-refractivity contribution in [2.75, 3.05) is 6.61 Å². The highest BCUT2D eigenvalue weighted by atomic mass is 35.5. The Morgan fingerprint density at radius 1 is 1.43 bits per heavy atom. The summed E-state index contributed by atoms with van der Waals surface area (Å²) in [6, 6.07) is 2.59. The molecule has 21 heavy (non-hydrogen) atoms. The Morgan fingerprint density at radius 2 is 2.05 bits per heavy atom. The van der Waals surface area contributed by atoms with E-state index < -0.39 is 24.1 Å². The molecule has 1 rings (SSSR count). The van der Waals surface area contributed by atoms with Crippen molar-refractivity contribution in [3.63, 3.8) is 0 Å². The van der Waals surface area contributed by atoms with E-state index in [2.05, 4.69) is 0 Å². The zero-order chi connectivity index (χ0) is 16.2. The van der Waals surface area contributed by atoms with Crippen LogP contribution in [-0.4, -0.2) is 30.7 Å². The van der Waals surface area contributed by atoms with Gasteiger partial charge in [0.1, 0.15) is 12.4 Å². The molecule has 0 radical (unpaired) electrons. The lowest BCUT2D eigenvalue weighted by molar-refractivity contribution is -0.255. The maximum absolute atomic E-state index is 12.0. The predicted molar refractivity (Wildman–Crippen MR) is 64.9 cm³/mol. The third-order valence-corrected chi connectivity index (χ3v) is 2.59. The van der Waals surface area contributed by atoms with Crippen LogP contribution in [0.4, 0.5) is 13.2 Å². The molecule has 1 aromatic carbocycles. The number of alkyl halides is 3. The lowest BCUT2D eigenvalue weighted by atomic mass is 10.2. The molecule has 1 atom stereocenters. The van der Waals surface area contributed by atoms with Crippen molar-refractivity contribution < 1.29 is 32.6 Å². The fraction of sp³-hybridized carbons (Fsp3) is 0.333. The summed E-state index contributed by atoms with van der Waals surface area (Å²) in [5, 5.41) is 12.2. The second-order valence-corrected chi connectivity index (χ2v) is 4.52. The predicted octanol–water partition coefficient (Wildman–Crippen LogP) is 1.15. The molecule has 0 heterocycles. The van der Waals surface area contributed by atoms with E-state index in [1.165, 1.54) is 19.1 Å². The Balaban J connectivity index is 2.59. The monoisotopic (exact) mass is 324 g/mol. The van der Waals surface area contributed by atoms with Crippen LogP contribution in [0, 0.1) is 0 Å². The van der Waals surface area contributed by atoms with Gasteiger partial charge in [0.25, 0.3) is 0 Å². The molecule has 0 fully saturated rings. The standard InChI is InChI=1S/C12H11ClF3NO4/c1-6(17-11(20)12(14,15)16)5-21-9-3-2-7(10(18)19)4-8(9)13/h2-4,6H,5H2,1H3,(H,17,20)(H,18,19)/p-1/t6-/m0/s1. The maximum atomic E-state index is 12.0. The Hall–Kier alpha value is -1.96. The van der Waals surface area contributed by atoms with Crippen molar-refractivity contribution in [3.05, 3.63) is 28.8 Å². The van der Waals surface area contributed by atoms with Crippen LogP contribution in [0.25, 0.3) is 0 Å². The van der Waals surface area contributed by atoms with E-state index in [-0.39, 0.29) is 22.9 Å². The van der Waals surface area contributed by atoms with E-state index in [1.807, 2.05) is 0 Å². The highest BCUT2D eigenvalue weighted by molar-refractivity contribution is 6.32. The fourth-order valence-corrected chi connectivity index (χ4v) is 1.54. The minimum Gasteiger partial charge on any atom is -0.545 e. The number of carboxylic acid groups (broad SMARTS) is 1. The van der Waals surface area contributed by atoms with Crippen LogP contribution in [0.3, 0.4) is 0 Å². The first kappa shape index (κ1) is 17.1. The first-order chi connectivity index (χ1) is 9.61. The molecular formula is C12H10ClF3NO4-. The average molecular weight is 325 g/mol. The SMILES string of the molecule is C[C@@H](COc1ccc(C(=O)[O-])cc1Cl)NC(=O)C(F)(F)F. The molecule has 0 saturated carbocycles. The van der Waals surface area contributed by atoms with E-state index in [0.717, 1.165) is 6.07 Å². The molecule has 5 nitrogen and oxygen atoms in total. The lowest BCUT2D eigenvalue weighted by Crippen LogP contribution is -2.44. The minimum atomic E-state index is -4.97. The summed E-state index contributed by atoms with van der Waals surface area (Å²) in [6.45, 7) is 1.04. The number of halogens is 4. The van der Waals surface area contributed by atoms with Gasteiger partial charge in [-0.05, 0) is 30.7 Å². The van der Waals surface area contributed by atoms with E-state index in [4.69, 9.17) is 16.3 Å². The number of amides is 1. The Bertz CT molecular complexity index is 548. The smallest absolute Gasteiger partial charge is 0.471 e. The fourth-order valence-electron chi connectivity index (χ4n) is 1.31. The Kier molecular flexibility index (Phi) is 5.42. The number of aromatic carboxylic acids is 1. The first-order valence-corrected chi connectivity index (χ1v) is 6.00. The molecule has 1 N–H and O–H groups in total. The third kappa shape index (κ3) is 5.14. The lowest BCUT2D eigenvalue weighted by Gasteiger charge is -2.17. The van der Waals surface area contributed by atoms with Gasteiger partial charge < -0.3 is 20.0 Å². The largest absolute Gasteiger partial charge is 0.545 e. The molecule has 0 bridgehead atoms. The van der Waals surface area contributed by atoms with Gasteiger partial charge in [0.15, 0.2) is 0 Å². The van der Waals surface area contributed by atoms with E-state index >= 15 is 0 Å². The summed E-state index contributed by atoms with van der Waals surface area (Å²) in [6.07, 6.45) is -4.97. The first-order valence-electron chi connectivity index (χ1n) is 5.62. The summed E-state index contributed by atoms with van der Waals surface area (Å²) in [5.74, 6) is -3.42. The van der Waals surface area contributed by atoms with Gasteiger partial charge in [-0.3, -0.25) is 4.79 Å². The van der Waals surface area contributed by atoms with Crippen molar-refractivity contribution in [2.24, 2.45) is 0 Å². The summed E-state index contributed by atoms with van der Waals surface area (Å²) < 4.78 is 41.2. The third-order valence-electron chi connectivity index (χ3n) is 2.29. The summed E-state index contributed by atoms with van der Waals surface area (Å²) in [5.41, 5.74) is -0.161. The highest BCUT2D eigenvalue weighted by Crippen LogP contribution is 2.25. The summed E-state index contributed by atoms with van der Waals surface area (Å²) in [7, 11) is 0. The number of hydrogen-bond acceptors (Lipinski definition) is 4. The van der Waals surface area contributed by atoms with E-state index in [0.29, 0.717) is 0 Å². The van der Waals surface area contributed by atoms with Crippen LogP contribution in [-0.2, 0) is 4.79 Å². The number of carbonyl (C=O) groups excluding carboxylic acids is 2. The van der Waals surface area contributed by atoms with Crippen LogP contribution >= 0.6 is 11.6 Å². The minimum absolute atomic E-state index is 0.0361. The van der Waals surface area contributed by atoms with Crippen LogP contribution < -0.4 is 15.2 Å². The molecular weight excluding hydrogens is 315 g/mol. The number of benzene rings is 1. The quantitative estimate of drug-likeness (QED) is 0.881. The van der Waals surface area contributed by atoms with Crippen LogP contribution in [0.2, 0.25) is 5.02 Å². The molecule has 0 aliphatic heterocycles. The van der Waals surface area contributed by atoms with Gasteiger partial charge in [-0.1, -0.05) is 11.6 Å². The van der Waals surface area contributed by atoms with Gasteiger partial charge in [-0.25, -0.2) is 0 Å². The van der Waals surface area contributed by atoms with E-state index in [1.54, 1.807) is 5.32 Å². The zero-order valence-corrected chi connectivity index (χ0v) is 11.4. The van der Waals surface area contributed by atoms with Crippen molar-refractivity contribution in [1.82, 2.24) is 5.32 Å². The molecule has 0 saturated heterocycles. The van der Waals surface area contributed by atoms with Crippen LogP contribution in [0.1, 0.15) is 17.3 Å². The molecule has 116 valence electrons. The second kappa shape index (κ2) is 6.66. The number of carbonyl (C=O) groups is 2. The number of ether oxygens (including phenoxy) is 1. The Morgan fingerprint density at radius 3 is 2.52 bits per heavy atom. The van der Waals surface area contributed by atoms with Gasteiger partial charge in [0.2, 0.25) is 0 Å². The van der Waals surface area contributed by atoms with Crippen LogP contribution in [0.5, 0.6) is 5.75 Å². The molecule has 0 spiro atoms. The number of nitrogens with one attached hydrogen (secondary N) is 1. The summed E-state index contributed by atoms with van der Waals surface area (Å²) >= 11 is 5.75. The van der Waals surface area contributed by atoms with Crippen LogP contribution in [0.15, 0.2) is 18.2 Å². The second-order valence-electron chi connectivity index (χ2n) is 4.12. The number of rotatable bonds is 5. The zero-order valence-electron chi connectivity index (χ0n) is 10.7. The topological polar surface area (TPSA) is 78.5 Å². The average Bonchev–Trinajstić information content (AvgIpc) is 2.35. The number of carboxylic acids is 1. The van der Waals surface area contributed by atoms with Gasteiger partial charge in [-0.15, -0.1) is 0 Å². The van der Waals surface area contributed by atoms with Crippen molar-refractivity contribution in [1.29, 1.82) is 0 Å². The molecule has 0 aliphatic rings. The molecule has 0 aliphatic carbocycles. The summed E-state index contributed by atoms with van der Waals surface area (Å²) in [4.78, 5) is 21.3. The number of hydrogen-bond donors (Lipinski definition) is 1. The molecule has 0 aromatic heterocycles. The van der Waals surface area contributed by atoms with Gasteiger partial charge >= 0.3 is 12.1 Å². The van der Waals surface area contributed by atoms with E-state index in [9.17, 15) is 27.9 Å². The normalized spacial score (nSPS) is 12.6. The molecule has 1 amide bonds.